The maximum atomic E-state index is 12.2. The van der Waals surface area contributed by atoms with Crippen LogP contribution < -0.4 is 10.6 Å². The molecule has 9 heteroatoms. The number of carbonyl (C=O) groups is 1. The van der Waals surface area contributed by atoms with Crippen molar-refractivity contribution >= 4 is 11.8 Å². The van der Waals surface area contributed by atoms with Crippen LogP contribution in [0.15, 0.2) is 30.6 Å². The van der Waals surface area contributed by atoms with E-state index in [9.17, 15) is 4.79 Å². The Morgan fingerprint density at radius 3 is 2.92 bits per heavy atom. The van der Waals surface area contributed by atoms with E-state index >= 15 is 0 Å². The Hall–Kier alpha value is -2.52. The van der Waals surface area contributed by atoms with E-state index in [-0.39, 0.29) is 12.1 Å². The molecule has 1 saturated heterocycles. The first-order valence-corrected chi connectivity index (χ1v) is 8.94. The van der Waals surface area contributed by atoms with Crippen LogP contribution in [0, 0.1) is 0 Å². The molecule has 1 unspecified atom stereocenters. The van der Waals surface area contributed by atoms with Gasteiger partial charge in [-0.3, -0.25) is 19.9 Å². The molecule has 2 amide bonds. The Balaban J connectivity index is 1.58. The molecule has 26 heavy (non-hydrogen) atoms. The first-order valence-electron chi connectivity index (χ1n) is 8.94. The van der Waals surface area contributed by atoms with Gasteiger partial charge in [0.1, 0.15) is 0 Å². The van der Waals surface area contributed by atoms with Gasteiger partial charge in [-0.15, -0.1) is 5.10 Å². The highest BCUT2D eigenvalue weighted by Gasteiger charge is 2.24. The minimum Gasteiger partial charge on any atom is -0.379 e. The van der Waals surface area contributed by atoms with Crippen molar-refractivity contribution in [1.29, 1.82) is 0 Å². The maximum Gasteiger partial charge on any atom is 0.320 e. The lowest BCUT2D eigenvalue weighted by molar-refractivity contribution is 0.0159. The summed E-state index contributed by atoms with van der Waals surface area (Å²) < 4.78 is 7.14. The molecular weight excluding hydrogens is 334 g/mol. The molecule has 3 rings (SSSR count). The van der Waals surface area contributed by atoms with Crippen molar-refractivity contribution in [3.05, 3.63) is 36.3 Å². The molecular formula is C17H25N7O2. The zero-order chi connectivity index (χ0) is 18.2. The second-order valence-corrected chi connectivity index (χ2v) is 6.12. The van der Waals surface area contributed by atoms with Crippen LogP contribution in [0.2, 0.25) is 0 Å². The summed E-state index contributed by atoms with van der Waals surface area (Å²) >= 11 is 0. The first kappa shape index (κ1) is 18.3. The van der Waals surface area contributed by atoms with Crippen LogP contribution in [0.3, 0.4) is 0 Å². The van der Waals surface area contributed by atoms with Crippen LogP contribution >= 0.6 is 0 Å². The van der Waals surface area contributed by atoms with Crippen LogP contribution in [-0.2, 0) is 11.3 Å². The highest BCUT2D eigenvalue weighted by molar-refractivity contribution is 5.87. The van der Waals surface area contributed by atoms with E-state index in [0.29, 0.717) is 25.6 Å². The second-order valence-electron chi connectivity index (χ2n) is 6.12. The quantitative estimate of drug-likeness (QED) is 0.773. The van der Waals surface area contributed by atoms with Crippen molar-refractivity contribution in [3.63, 3.8) is 0 Å². The van der Waals surface area contributed by atoms with Gasteiger partial charge in [-0.25, -0.2) is 4.79 Å². The first-order chi connectivity index (χ1) is 12.8. The van der Waals surface area contributed by atoms with Gasteiger partial charge in [-0.2, -0.15) is 0 Å². The molecule has 0 bridgehead atoms. The van der Waals surface area contributed by atoms with Crippen LogP contribution in [-0.4, -0.2) is 63.8 Å². The zero-order valence-corrected chi connectivity index (χ0v) is 15.0. The van der Waals surface area contributed by atoms with Gasteiger partial charge in [0.15, 0.2) is 5.82 Å². The Labute approximate surface area is 152 Å². The van der Waals surface area contributed by atoms with Crippen LogP contribution in [0.5, 0.6) is 0 Å². The molecule has 1 fully saturated rings. The fourth-order valence-corrected chi connectivity index (χ4v) is 2.93. The van der Waals surface area contributed by atoms with E-state index in [1.165, 1.54) is 0 Å². The van der Waals surface area contributed by atoms with Crippen LogP contribution in [0.1, 0.15) is 25.1 Å². The number of nitrogens with one attached hydrogen (secondary N) is 2. The van der Waals surface area contributed by atoms with Gasteiger partial charge >= 0.3 is 6.03 Å². The number of ether oxygens (including phenoxy) is 1. The van der Waals surface area contributed by atoms with Gasteiger partial charge in [0, 0.05) is 32.4 Å². The molecule has 1 atom stereocenters. The summed E-state index contributed by atoms with van der Waals surface area (Å²) in [6, 6.07) is 5.53. The number of rotatable bonds is 7. The number of aryl methyl sites for hydroxylation is 1. The van der Waals surface area contributed by atoms with E-state index in [0.717, 1.165) is 31.7 Å². The van der Waals surface area contributed by atoms with Crippen molar-refractivity contribution in [1.82, 2.24) is 30.2 Å². The third-order valence-electron chi connectivity index (χ3n) is 4.20. The average molecular weight is 359 g/mol. The molecule has 2 aromatic rings. The number of anilines is 1. The third-order valence-corrected chi connectivity index (χ3v) is 4.20. The summed E-state index contributed by atoms with van der Waals surface area (Å²) in [5.74, 6) is 0.441. The van der Waals surface area contributed by atoms with E-state index in [4.69, 9.17) is 4.74 Å². The number of morpholine rings is 1. The number of hydrogen-bond donors (Lipinski definition) is 2. The van der Waals surface area contributed by atoms with Gasteiger partial charge in [-0.05, 0) is 18.6 Å². The van der Waals surface area contributed by atoms with Crippen molar-refractivity contribution in [2.24, 2.45) is 0 Å². The smallest absolute Gasteiger partial charge is 0.320 e. The Bertz CT molecular complexity index is 685. The van der Waals surface area contributed by atoms with Crippen molar-refractivity contribution in [3.8, 4) is 0 Å². The molecule has 0 saturated carbocycles. The summed E-state index contributed by atoms with van der Waals surface area (Å²) in [5.41, 5.74) is 0.934. The lowest BCUT2D eigenvalue weighted by Crippen LogP contribution is -2.44. The standard InChI is InChI=1S/C17H25N7O2/c1-2-7-24-13-16(21-22-24)20-17(25)19-12-15(14-5-3-4-6-18-14)23-8-10-26-11-9-23/h3-6,13,15H,2,7-12H2,1H3,(H2,19,20,25). The number of nitrogens with zero attached hydrogens (tertiary/aromatic N) is 5. The summed E-state index contributed by atoms with van der Waals surface area (Å²) in [4.78, 5) is 19.0. The predicted molar refractivity (Wildman–Crippen MR) is 96.7 cm³/mol. The van der Waals surface area contributed by atoms with Gasteiger partial charge < -0.3 is 10.1 Å². The van der Waals surface area contributed by atoms with E-state index in [1.54, 1.807) is 17.1 Å². The highest BCUT2D eigenvalue weighted by atomic mass is 16.5. The fraction of sp³-hybridized carbons (Fsp3) is 0.529. The van der Waals surface area contributed by atoms with Crippen molar-refractivity contribution in [2.45, 2.75) is 25.9 Å². The SMILES string of the molecule is CCCn1cc(NC(=O)NCC(c2ccccn2)N2CCOCC2)nn1. The van der Waals surface area contributed by atoms with E-state index in [1.807, 2.05) is 18.2 Å². The fourth-order valence-electron chi connectivity index (χ4n) is 2.93. The van der Waals surface area contributed by atoms with Gasteiger partial charge in [0.05, 0.1) is 31.1 Å². The van der Waals surface area contributed by atoms with Crippen molar-refractivity contribution in [2.75, 3.05) is 38.2 Å². The molecule has 9 nitrogen and oxygen atoms in total. The number of urea groups is 1. The number of hydrogen-bond acceptors (Lipinski definition) is 6. The number of carbonyl (C=O) groups excluding carboxylic acids is 1. The van der Waals surface area contributed by atoms with Crippen molar-refractivity contribution < 1.29 is 9.53 Å². The van der Waals surface area contributed by atoms with Crippen LogP contribution in [0.25, 0.3) is 0 Å². The predicted octanol–water partition coefficient (Wildman–Crippen LogP) is 1.28. The van der Waals surface area contributed by atoms with Gasteiger partial charge in [0.2, 0.25) is 0 Å². The number of pyridine rings is 1. The van der Waals surface area contributed by atoms with E-state index < -0.39 is 0 Å². The van der Waals surface area contributed by atoms with Gasteiger partial charge in [0.25, 0.3) is 0 Å². The normalized spacial score (nSPS) is 16.2. The topological polar surface area (TPSA) is 97.2 Å². The number of amides is 2. The molecule has 2 N–H and O–H groups in total. The molecule has 0 aliphatic carbocycles. The Kier molecular flexibility index (Phi) is 6.50. The molecule has 2 aromatic heterocycles. The lowest BCUT2D eigenvalue weighted by atomic mass is 10.1. The largest absolute Gasteiger partial charge is 0.379 e. The van der Waals surface area contributed by atoms with E-state index in [2.05, 4.69) is 37.8 Å². The highest BCUT2D eigenvalue weighted by Crippen LogP contribution is 2.19. The van der Waals surface area contributed by atoms with Crippen LogP contribution in [0.4, 0.5) is 10.6 Å². The molecule has 1 aliphatic heterocycles. The average Bonchev–Trinajstić information content (AvgIpc) is 3.11. The Morgan fingerprint density at radius 1 is 1.35 bits per heavy atom. The monoisotopic (exact) mass is 359 g/mol. The minimum absolute atomic E-state index is 0.00150. The molecule has 3 heterocycles. The summed E-state index contributed by atoms with van der Waals surface area (Å²) in [5, 5.41) is 13.6. The molecule has 0 radical (unpaired) electrons. The molecule has 0 aromatic carbocycles. The summed E-state index contributed by atoms with van der Waals surface area (Å²) in [7, 11) is 0. The summed E-state index contributed by atoms with van der Waals surface area (Å²) in [6.07, 6.45) is 4.45. The number of aromatic nitrogens is 4. The zero-order valence-electron chi connectivity index (χ0n) is 15.0. The second kappa shape index (κ2) is 9.25. The molecule has 0 spiro atoms. The summed E-state index contributed by atoms with van der Waals surface area (Å²) in [6.45, 7) is 6.30. The molecule has 1 aliphatic rings. The third kappa shape index (κ3) is 4.99. The molecule has 140 valence electrons. The lowest BCUT2D eigenvalue weighted by Gasteiger charge is -2.34. The Morgan fingerprint density at radius 2 is 2.19 bits per heavy atom. The maximum absolute atomic E-state index is 12.2. The van der Waals surface area contributed by atoms with Gasteiger partial charge in [-0.1, -0.05) is 18.2 Å². The minimum atomic E-state index is -0.303.